The molecule has 1 fully saturated rings. The van der Waals surface area contributed by atoms with Crippen LogP contribution in [0.3, 0.4) is 0 Å². The van der Waals surface area contributed by atoms with Crippen LogP contribution in [0.25, 0.3) is 0 Å². The molecule has 4 heteroatoms. The van der Waals surface area contributed by atoms with Crippen LogP contribution < -0.4 is 10.6 Å². The molecule has 2 N–H and O–H groups in total. The Balaban J connectivity index is 2.17. The highest BCUT2D eigenvalue weighted by Gasteiger charge is 2.42. The molecule has 110 valence electrons. The van der Waals surface area contributed by atoms with Gasteiger partial charge in [0.1, 0.15) is 0 Å². The number of nitrogens with one attached hydrogen (secondary N) is 2. The third-order valence-electron chi connectivity index (χ3n) is 4.35. The summed E-state index contributed by atoms with van der Waals surface area (Å²) in [6.07, 6.45) is 4.07. The van der Waals surface area contributed by atoms with Gasteiger partial charge in [-0.05, 0) is 44.5 Å². The minimum atomic E-state index is -0.363. The van der Waals surface area contributed by atoms with E-state index in [1.165, 1.54) is 0 Å². The molecule has 1 aromatic carbocycles. The first-order valence-electron chi connectivity index (χ1n) is 7.30. The number of amides is 1. The third-order valence-corrected chi connectivity index (χ3v) is 4.60. The van der Waals surface area contributed by atoms with E-state index in [9.17, 15) is 4.79 Å². The van der Waals surface area contributed by atoms with E-state index in [-0.39, 0.29) is 17.4 Å². The van der Waals surface area contributed by atoms with Gasteiger partial charge >= 0.3 is 0 Å². The van der Waals surface area contributed by atoms with E-state index in [4.69, 9.17) is 11.6 Å². The second kappa shape index (κ2) is 6.59. The van der Waals surface area contributed by atoms with E-state index in [1.54, 1.807) is 0 Å². The average Bonchev–Trinajstić information content (AvgIpc) is 2.95. The molecule has 3 nitrogen and oxygen atoms in total. The topological polar surface area (TPSA) is 41.1 Å². The Bertz CT molecular complexity index is 452. The van der Waals surface area contributed by atoms with Crippen LogP contribution in [-0.4, -0.2) is 25.5 Å². The molecule has 1 aliphatic rings. The first kappa shape index (κ1) is 15.3. The van der Waals surface area contributed by atoms with Gasteiger partial charge in [-0.15, -0.1) is 0 Å². The highest BCUT2D eigenvalue weighted by Crippen LogP contribution is 2.41. The Labute approximate surface area is 126 Å². The molecule has 1 aliphatic carbocycles. The van der Waals surface area contributed by atoms with E-state index < -0.39 is 0 Å². The van der Waals surface area contributed by atoms with Gasteiger partial charge < -0.3 is 10.6 Å². The summed E-state index contributed by atoms with van der Waals surface area (Å²) in [6.45, 7) is 2.72. The van der Waals surface area contributed by atoms with Gasteiger partial charge in [-0.2, -0.15) is 0 Å². The number of hydrogen-bond donors (Lipinski definition) is 2. The maximum absolute atomic E-state index is 12.7. The Morgan fingerprint density at radius 3 is 2.45 bits per heavy atom. The second-order valence-electron chi connectivity index (χ2n) is 5.70. The molecule has 20 heavy (non-hydrogen) atoms. The normalized spacial score (nSPS) is 18.8. The van der Waals surface area contributed by atoms with Crippen molar-refractivity contribution in [1.29, 1.82) is 0 Å². The van der Waals surface area contributed by atoms with E-state index in [0.29, 0.717) is 11.6 Å². The van der Waals surface area contributed by atoms with Crippen LogP contribution >= 0.6 is 11.6 Å². The summed E-state index contributed by atoms with van der Waals surface area (Å²) in [5, 5.41) is 6.95. The van der Waals surface area contributed by atoms with E-state index >= 15 is 0 Å². The maximum atomic E-state index is 12.7. The number of rotatable bonds is 5. The van der Waals surface area contributed by atoms with Crippen molar-refractivity contribution in [2.24, 2.45) is 0 Å². The smallest absolute Gasteiger partial charge is 0.230 e. The Hall–Kier alpha value is -1.06. The molecule has 1 atom stereocenters. The lowest BCUT2D eigenvalue weighted by molar-refractivity contribution is -0.126. The van der Waals surface area contributed by atoms with E-state index in [1.807, 2.05) is 31.3 Å². The monoisotopic (exact) mass is 294 g/mol. The summed E-state index contributed by atoms with van der Waals surface area (Å²) in [5.41, 5.74) is 0.729. The Kier molecular flexibility index (Phi) is 5.06. The molecule has 1 saturated carbocycles. The lowest BCUT2D eigenvalue weighted by Crippen LogP contribution is -2.46. The van der Waals surface area contributed by atoms with Crippen molar-refractivity contribution in [1.82, 2.24) is 10.6 Å². The molecule has 0 radical (unpaired) electrons. The van der Waals surface area contributed by atoms with Gasteiger partial charge in [-0.25, -0.2) is 0 Å². The minimum absolute atomic E-state index is 0.152. The van der Waals surface area contributed by atoms with Crippen LogP contribution in [0, 0.1) is 0 Å². The van der Waals surface area contributed by atoms with E-state index in [2.05, 4.69) is 17.6 Å². The van der Waals surface area contributed by atoms with Crippen LogP contribution in [-0.2, 0) is 10.2 Å². The molecule has 0 bridgehead atoms. The van der Waals surface area contributed by atoms with Gasteiger partial charge in [-0.3, -0.25) is 4.79 Å². The maximum Gasteiger partial charge on any atom is 0.230 e. The first-order valence-corrected chi connectivity index (χ1v) is 7.68. The summed E-state index contributed by atoms with van der Waals surface area (Å²) >= 11 is 5.96. The number of likely N-dealkylation sites (N-methyl/N-ethyl adjacent to an activating group) is 1. The van der Waals surface area contributed by atoms with Gasteiger partial charge in [0.25, 0.3) is 0 Å². The second-order valence-corrected chi connectivity index (χ2v) is 6.13. The fraction of sp³-hybridized carbons (Fsp3) is 0.562. The molecule has 1 amide bonds. The summed E-state index contributed by atoms with van der Waals surface area (Å²) in [4.78, 5) is 12.7. The van der Waals surface area contributed by atoms with Crippen LogP contribution in [0.15, 0.2) is 24.3 Å². The molecule has 0 heterocycles. The molecule has 0 spiro atoms. The van der Waals surface area contributed by atoms with E-state index in [0.717, 1.165) is 31.2 Å². The predicted molar refractivity (Wildman–Crippen MR) is 83.1 cm³/mol. The number of carbonyl (C=O) groups is 1. The van der Waals surface area contributed by atoms with Crippen molar-refractivity contribution < 1.29 is 4.79 Å². The number of benzene rings is 1. The van der Waals surface area contributed by atoms with Crippen molar-refractivity contribution >= 4 is 17.5 Å². The number of halogens is 1. The fourth-order valence-electron chi connectivity index (χ4n) is 2.91. The highest BCUT2D eigenvalue weighted by molar-refractivity contribution is 6.30. The molecule has 0 aromatic heterocycles. The Morgan fingerprint density at radius 1 is 1.30 bits per heavy atom. The molecule has 0 aliphatic heterocycles. The largest absolute Gasteiger partial charge is 0.354 e. The lowest BCUT2D eigenvalue weighted by Gasteiger charge is -2.29. The van der Waals surface area contributed by atoms with Gasteiger partial charge in [0.05, 0.1) is 5.41 Å². The van der Waals surface area contributed by atoms with Crippen molar-refractivity contribution in [3.63, 3.8) is 0 Å². The van der Waals surface area contributed by atoms with Crippen LogP contribution in [0.2, 0.25) is 5.02 Å². The molecule has 1 aromatic rings. The van der Waals surface area contributed by atoms with Crippen molar-refractivity contribution in [2.75, 3.05) is 13.6 Å². The number of hydrogen-bond acceptors (Lipinski definition) is 2. The average molecular weight is 295 g/mol. The minimum Gasteiger partial charge on any atom is -0.354 e. The third kappa shape index (κ3) is 3.15. The molecular formula is C16H23ClN2O. The predicted octanol–water partition coefficient (Wildman–Crippen LogP) is 2.88. The fourth-order valence-corrected chi connectivity index (χ4v) is 3.04. The summed E-state index contributed by atoms with van der Waals surface area (Å²) < 4.78 is 0. The quantitative estimate of drug-likeness (QED) is 0.877. The SMILES string of the molecule is CNC(C)CNC(=O)C1(c2ccc(Cl)cc2)CCCC1. The van der Waals surface area contributed by atoms with Gasteiger partial charge in [0.2, 0.25) is 5.91 Å². The van der Waals surface area contributed by atoms with Crippen LogP contribution in [0.5, 0.6) is 0 Å². The van der Waals surface area contributed by atoms with Crippen molar-refractivity contribution in [3.05, 3.63) is 34.9 Å². The number of carbonyl (C=O) groups excluding carboxylic acids is 1. The summed E-state index contributed by atoms with van der Waals surface area (Å²) in [6, 6.07) is 8.02. The van der Waals surface area contributed by atoms with Gasteiger partial charge in [0.15, 0.2) is 0 Å². The van der Waals surface area contributed by atoms with Gasteiger partial charge in [-0.1, -0.05) is 36.6 Å². The zero-order valence-corrected chi connectivity index (χ0v) is 13.0. The van der Waals surface area contributed by atoms with Crippen LogP contribution in [0.1, 0.15) is 38.2 Å². The summed E-state index contributed by atoms with van der Waals surface area (Å²) in [7, 11) is 1.90. The van der Waals surface area contributed by atoms with Gasteiger partial charge in [0, 0.05) is 17.6 Å². The van der Waals surface area contributed by atoms with Crippen molar-refractivity contribution in [2.45, 2.75) is 44.1 Å². The lowest BCUT2D eigenvalue weighted by atomic mass is 9.78. The molecule has 2 rings (SSSR count). The highest BCUT2D eigenvalue weighted by atomic mass is 35.5. The molecular weight excluding hydrogens is 272 g/mol. The Morgan fingerprint density at radius 2 is 1.90 bits per heavy atom. The first-order chi connectivity index (χ1) is 9.58. The zero-order chi connectivity index (χ0) is 14.6. The van der Waals surface area contributed by atoms with Crippen molar-refractivity contribution in [3.8, 4) is 0 Å². The molecule has 0 saturated heterocycles. The summed E-state index contributed by atoms with van der Waals surface area (Å²) in [5.74, 6) is 0.152. The van der Waals surface area contributed by atoms with Crippen LogP contribution in [0.4, 0.5) is 0 Å². The molecule has 1 unspecified atom stereocenters. The zero-order valence-electron chi connectivity index (χ0n) is 12.2. The standard InChI is InChI=1S/C16H23ClN2O/c1-12(18-2)11-19-15(20)16(9-3-4-10-16)13-5-7-14(17)8-6-13/h5-8,12,18H,3-4,9-11H2,1-2H3,(H,19,20).